The molecule has 0 spiro atoms. The van der Waals surface area contributed by atoms with E-state index in [9.17, 15) is 0 Å². The Morgan fingerprint density at radius 3 is 1.00 bits per heavy atom. The van der Waals surface area contributed by atoms with Crippen LogP contribution in [0.25, 0.3) is 0 Å². The van der Waals surface area contributed by atoms with E-state index in [2.05, 4.69) is 0 Å². The molecule has 0 bridgehead atoms. The average molecular weight is 507 g/mol. The van der Waals surface area contributed by atoms with Gasteiger partial charge in [-0.25, -0.2) is 0 Å². The first-order valence-electron chi connectivity index (χ1n) is 0. The van der Waals surface area contributed by atoms with Crippen molar-refractivity contribution in [2.75, 3.05) is 0 Å². The van der Waals surface area contributed by atoms with E-state index in [0.29, 0.717) is 0 Å². The van der Waals surface area contributed by atoms with E-state index in [-0.39, 0.29) is 116 Å². The summed E-state index contributed by atoms with van der Waals surface area (Å²) in [5, 5.41) is 0. The van der Waals surface area contributed by atoms with Crippen molar-refractivity contribution in [1.82, 2.24) is 0 Å². The molecule has 0 aliphatic carbocycles. The second-order valence-electron chi connectivity index (χ2n) is 0. The molecule has 0 unspecified atom stereocenters. The summed E-state index contributed by atoms with van der Waals surface area (Å²) < 4.78 is 0. The second-order valence-corrected chi connectivity index (χ2v) is 0. The Morgan fingerprint density at radius 1 is 1.00 bits per heavy atom. The topological polar surface area (TPSA) is 0 Å². The third-order valence-corrected chi connectivity index (χ3v) is 0. The molecule has 0 atom stereocenters. The standard InChI is InChI=1S/Ca.2HI.Pb.4H/h;2*1H;;;;;/q+2;;;;;;2*-1. The Hall–Kier alpha value is 3.64. The predicted molar refractivity (Wildman–Crippen MR) is 47.4 cm³/mol. The van der Waals surface area contributed by atoms with Gasteiger partial charge >= 0.3 is 65.0 Å². The van der Waals surface area contributed by atoms with E-state index in [1.807, 2.05) is 0 Å². The van der Waals surface area contributed by atoms with E-state index in [1.165, 1.54) is 0 Å². The summed E-state index contributed by atoms with van der Waals surface area (Å²) in [4.78, 5) is 0. The van der Waals surface area contributed by atoms with Gasteiger partial charge in [0.25, 0.3) is 0 Å². The summed E-state index contributed by atoms with van der Waals surface area (Å²) >= 11 is 0. The first kappa shape index (κ1) is 25.4. The zero-order valence-electron chi connectivity index (χ0n) is 4.23. The molecular formula is H6CaI2Pb. The van der Waals surface area contributed by atoms with E-state index in [4.69, 9.17) is 0 Å². The Morgan fingerprint density at radius 2 is 1.00 bits per heavy atom. The predicted octanol–water partition coefficient (Wildman–Crippen LogP) is 0.164. The van der Waals surface area contributed by atoms with Gasteiger partial charge in [-0.1, -0.05) is 0 Å². The fourth-order valence-electron chi connectivity index (χ4n) is 0. The third-order valence-electron chi connectivity index (χ3n) is 0. The second kappa shape index (κ2) is 15.9. The molecule has 0 saturated heterocycles. The van der Waals surface area contributed by atoms with Crippen LogP contribution in [-0.2, 0) is 0 Å². The molecule has 0 aliphatic heterocycles. The van der Waals surface area contributed by atoms with Gasteiger partial charge in [0.1, 0.15) is 0 Å². The fraction of sp³-hybridized carbons (Fsp3) is 0. The molecule has 4 heavy (non-hydrogen) atoms. The Kier molecular flexibility index (Phi) is 101. The van der Waals surface area contributed by atoms with Crippen LogP contribution in [0.15, 0.2) is 0 Å². The summed E-state index contributed by atoms with van der Waals surface area (Å²) in [7, 11) is 0. The molecule has 0 N–H and O–H groups in total. The molecule has 26 valence electrons. The minimum absolute atomic E-state index is 0. The van der Waals surface area contributed by atoms with Gasteiger partial charge in [0, 0.05) is 0 Å². The van der Waals surface area contributed by atoms with Crippen molar-refractivity contribution in [3.05, 3.63) is 0 Å². The third kappa shape index (κ3) is 9.17. The first-order valence-corrected chi connectivity index (χ1v) is 0. The van der Waals surface area contributed by atoms with Crippen molar-refractivity contribution in [3.8, 4) is 0 Å². The minimum atomic E-state index is 0. The summed E-state index contributed by atoms with van der Waals surface area (Å²) in [6.07, 6.45) is 0. The molecule has 0 fully saturated rings. The summed E-state index contributed by atoms with van der Waals surface area (Å²) in [5.41, 5.74) is 0. The molecule has 0 aromatic heterocycles. The van der Waals surface area contributed by atoms with Gasteiger partial charge in [0.05, 0.1) is 0 Å². The van der Waals surface area contributed by atoms with Crippen LogP contribution in [0.3, 0.4) is 0 Å². The van der Waals surface area contributed by atoms with Crippen LogP contribution in [0.2, 0.25) is 0 Å². The van der Waals surface area contributed by atoms with Crippen LogP contribution < -0.4 is 0 Å². The summed E-state index contributed by atoms with van der Waals surface area (Å²) in [6.45, 7) is 0. The van der Waals surface area contributed by atoms with Crippen molar-refractivity contribution in [3.63, 3.8) is 0 Å². The number of rotatable bonds is 0. The monoisotopic (exact) mass is 508 g/mol. The van der Waals surface area contributed by atoms with Crippen molar-refractivity contribution in [1.29, 1.82) is 0 Å². The maximum absolute atomic E-state index is 0. The SMILES string of the molecule is I.I.[Ca+2].[H-].[H-].[PbH2]. The van der Waals surface area contributed by atoms with E-state index >= 15 is 0 Å². The molecule has 4 heteroatoms. The van der Waals surface area contributed by atoms with Crippen molar-refractivity contribution in [2.45, 2.75) is 0 Å². The molecule has 0 amide bonds. The van der Waals surface area contributed by atoms with E-state index in [1.54, 1.807) is 0 Å². The normalized spacial score (nSPS) is 0. The zero-order chi connectivity index (χ0) is 0. The van der Waals surface area contributed by atoms with Crippen LogP contribution in [0.5, 0.6) is 0 Å². The van der Waals surface area contributed by atoms with Crippen LogP contribution in [0, 0.1) is 0 Å². The number of hydrogen-bond donors (Lipinski definition) is 0. The molecule has 0 saturated carbocycles. The van der Waals surface area contributed by atoms with Gasteiger partial charge in [-0.2, -0.15) is 0 Å². The van der Waals surface area contributed by atoms with Gasteiger partial charge in [-0.05, 0) is 0 Å². The molecule has 0 aliphatic rings. The average Bonchev–Trinajstić information content (AvgIpc) is 0. The van der Waals surface area contributed by atoms with Crippen LogP contribution in [0.1, 0.15) is 2.85 Å². The molecule has 2 radical (unpaired) electrons. The molecule has 0 nitrogen and oxygen atoms in total. The molecule has 0 aromatic carbocycles. The number of halogens is 2. The Balaban J connectivity index is 0. The Bertz CT molecular complexity index is 11.5. The number of hydrogen-bond acceptors (Lipinski definition) is 0. The Labute approximate surface area is 113 Å². The van der Waals surface area contributed by atoms with E-state index < -0.39 is 0 Å². The summed E-state index contributed by atoms with van der Waals surface area (Å²) in [5.74, 6) is 0. The van der Waals surface area contributed by atoms with Gasteiger partial charge < -0.3 is 2.85 Å². The molecule has 0 aromatic rings. The van der Waals surface area contributed by atoms with Crippen molar-refractivity contribution < 1.29 is 2.85 Å². The first-order chi connectivity index (χ1) is 0. The quantitative estimate of drug-likeness (QED) is 0.324. The van der Waals surface area contributed by atoms with Crippen molar-refractivity contribution in [2.24, 2.45) is 0 Å². The van der Waals surface area contributed by atoms with E-state index in [0.717, 1.165) is 0 Å². The molecule has 0 rings (SSSR count). The van der Waals surface area contributed by atoms with Crippen LogP contribution in [-0.4, -0.2) is 65.0 Å². The van der Waals surface area contributed by atoms with Crippen molar-refractivity contribution >= 4 is 113 Å². The maximum atomic E-state index is 0. The van der Waals surface area contributed by atoms with Gasteiger partial charge in [-0.15, -0.1) is 48.0 Å². The summed E-state index contributed by atoms with van der Waals surface area (Å²) in [6, 6.07) is 0. The zero-order valence-corrected chi connectivity index (χ0v) is 14.6. The van der Waals surface area contributed by atoms with Gasteiger partial charge in [0.2, 0.25) is 0 Å². The molecule has 0 heterocycles. The van der Waals surface area contributed by atoms with Gasteiger partial charge in [-0.3, -0.25) is 0 Å². The van der Waals surface area contributed by atoms with Gasteiger partial charge in [0.15, 0.2) is 0 Å². The fourth-order valence-corrected chi connectivity index (χ4v) is 0. The van der Waals surface area contributed by atoms with Crippen LogP contribution in [0.4, 0.5) is 0 Å². The van der Waals surface area contributed by atoms with Crippen LogP contribution >= 0.6 is 48.0 Å². The molecular weight excluding hydrogens is 501 g/mol.